The highest BCUT2D eigenvalue weighted by Gasteiger charge is 2.85. The molecule has 204 valence electrons. The minimum Gasteiger partial charge on any atom is -0.447 e. The van der Waals surface area contributed by atoms with Crippen molar-refractivity contribution >= 4 is 6.09 Å². The first-order valence-electron chi connectivity index (χ1n) is 14.4. The number of amides is 1. The monoisotopic (exact) mass is 504 g/mol. The number of rotatable bonds is 2. The highest BCUT2D eigenvalue weighted by Crippen LogP contribution is 2.87. The fourth-order valence-corrected chi connectivity index (χ4v) is 11.4. The minimum atomic E-state index is -0.721. The number of ether oxygens (including phenoxy) is 2. The first-order valence-corrected chi connectivity index (χ1v) is 14.4. The Hall–Kier alpha value is -0.890. The number of hydrogen-bond acceptors (Lipinski definition) is 6. The maximum Gasteiger partial charge on any atom is 0.409 e. The second-order valence-electron chi connectivity index (χ2n) is 14.8. The molecule has 1 saturated heterocycles. The van der Waals surface area contributed by atoms with Gasteiger partial charge in [-0.3, -0.25) is 0 Å². The molecule has 6 rings (SSSR count). The number of nitrogens with zero attached hydrogens (tertiary/aromatic N) is 1. The fraction of sp³-hybridized carbons (Fsp3) is 0.966. The summed E-state index contributed by atoms with van der Waals surface area (Å²) in [6.45, 7) is 9.38. The van der Waals surface area contributed by atoms with E-state index in [0.717, 1.165) is 38.5 Å². The number of hydrogen-bond donors (Lipinski definition) is 3. The molecule has 4 N–H and O–H groups in total. The molecule has 2 spiro atoms. The van der Waals surface area contributed by atoms with Gasteiger partial charge in [-0.25, -0.2) is 4.79 Å². The predicted octanol–water partition coefficient (Wildman–Crippen LogP) is 3.55. The van der Waals surface area contributed by atoms with E-state index >= 15 is 0 Å². The highest BCUT2D eigenvalue weighted by molar-refractivity contribution is 5.66. The Balaban J connectivity index is 1.30. The minimum absolute atomic E-state index is 0.0631. The summed E-state index contributed by atoms with van der Waals surface area (Å²) < 4.78 is 12.0. The van der Waals surface area contributed by atoms with E-state index in [-0.39, 0.29) is 64.5 Å². The van der Waals surface area contributed by atoms with Crippen molar-refractivity contribution in [2.24, 2.45) is 51.1 Å². The van der Waals surface area contributed by atoms with Crippen LogP contribution in [-0.4, -0.2) is 71.9 Å². The van der Waals surface area contributed by atoms with Gasteiger partial charge in [-0.15, -0.1) is 0 Å². The zero-order chi connectivity index (χ0) is 26.1. The normalized spacial score (nSPS) is 56.4. The molecule has 1 amide bonds. The van der Waals surface area contributed by atoms with E-state index in [1.54, 1.807) is 14.1 Å². The van der Waals surface area contributed by atoms with Crippen LogP contribution in [0.25, 0.3) is 0 Å². The zero-order valence-corrected chi connectivity index (χ0v) is 23.1. The van der Waals surface area contributed by atoms with Crippen molar-refractivity contribution in [3.8, 4) is 0 Å². The molecule has 0 aromatic rings. The number of aliphatic hydroxyl groups is 2. The summed E-state index contributed by atoms with van der Waals surface area (Å²) in [6, 6.07) is 0. The van der Waals surface area contributed by atoms with Crippen molar-refractivity contribution in [1.82, 2.24) is 4.90 Å². The van der Waals surface area contributed by atoms with E-state index < -0.39 is 11.6 Å². The number of fused-ring (bicyclic) bond motifs is 4. The van der Waals surface area contributed by atoms with Crippen molar-refractivity contribution in [1.29, 1.82) is 0 Å². The van der Waals surface area contributed by atoms with Crippen LogP contribution in [0.1, 0.15) is 79.1 Å². The molecule has 1 aliphatic heterocycles. The summed E-state index contributed by atoms with van der Waals surface area (Å²) in [4.78, 5) is 13.4. The zero-order valence-electron chi connectivity index (χ0n) is 23.1. The summed E-state index contributed by atoms with van der Waals surface area (Å²) in [5.74, 6) is 1.35. The summed E-state index contributed by atoms with van der Waals surface area (Å²) in [5, 5.41) is 22.9. The second kappa shape index (κ2) is 7.61. The van der Waals surface area contributed by atoms with Gasteiger partial charge < -0.3 is 30.3 Å². The summed E-state index contributed by atoms with van der Waals surface area (Å²) in [6.07, 6.45) is 6.49. The largest absolute Gasteiger partial charge is 0.447 e. The molecule has 5 saturated carbocycles. The number of nitrogens with two attached hydrogens (primary N) is 1. The van der Waals surface area contributed by atoms with Crippen LogP contribution < -0.4 is 5.73 Å². The van der Waals surface area contributed by atoms with Gasteiger partial charge in [0.15, 0.2) is 0 Å². The van der Waals surface area contributed by atoms with Gasteiger partial charge in [-0.1, -0.05) is 27.7 Å². The second-order valence-corrected chi connectivity index (χ2v) is 14.8. The topological polar surface area (TPSA) is 105 Å². The molecule has 12 atom stereocenters. The first-order chi connectivity index (χ1) is 16.8. The third-order valence-corrected chi connectivity index (χ3v) is 13.1. The Kier molecular flexibility index (Phi) is 5.37. The van der Waals surface area contributed by atoms with E-state index in [1.807, 2.05) is 0 Å². The summed E-state index contributed by atoms with van der Waals surface area (Å²) in [7, 11) is 3.35. The van der Waals surface area contributed by atoms with Gasteiger partial charge in [0.25, 0.3) is 0 Å². The predicted molar refractivity (Wildman–Crippen MR) is 136 cm³/mol. The van der Waals surface area contributed by atoms with Crippen LogP contribution >= 0.6 is 0 Å². The number of carbonyl (C=O) groups excluding carboxylic acids is 1. The standard InChI is InChI=1S/C29H48N2O5/c1-16-13-17(14-35-24(34)31(5)6)36-22-21(16)26(4)11-12-28-15-27(28)10-9-20(32)25(2,3)18(27)7-8-19(28)29(26,30)23(22)33/h16-23,32-33H,7-15,30H2,1-6H3/t16-,17-,18+,19-,20+,21+,22+,23+,26-,27-,28+,29+/m1/s1. The molecule has 0 aromatic heterocycles. The van der Waals surface area contributed by atoms with Crippen LogP contribution in [0.15, 0.2) is 0 Å². The van der Waals surface area contributed by atoms with Crippen molar-refractivity contribution in [2.45, 2.75) is 109 Å². The Morgan fingerprint density at radius 3 is 2.42 bits per heavy atom. The lowest BCUT2D eigenvalue weighted by molar-refractivity contribution is -0.153. The molecular weight excluding hydrogens is 456 g/mol. The fourth-order valence-electron chi connectivity index (χ4n) is 11.4. The lowest BCUT2D eigenvalue weighted by Crippen LogP contribution is -2.70. The van der Waals surface area contributed by atoms with Gasteiger partial charge in [0, 0.05) is 14.1 Å². The molecule has 6 fully saturated rings. The summed E-state index contributed by atoms with van der Waals surface area (Å²) in [5.41, 5.74) is 7.12. The number of carbonyl (C=O) groups is 1. The quantitative estimate of drug-likeness (QED) is 0.531. The lowest BCUT2D eigenvalue weighted by Gasteiger charge is -2.63. The third kappa shape index (κ3) is 2.82. The molecule has 7 heteroatoms. The van der Waals surface area contributed by atoms with Gasteiger partial charge in [-0.05, 0) is 96.7 Å². The van der Waals surface area contributed by atoms with Crippen molar-refractivity contribution in [2.75, 3.05) is 20.7 Å². The van der Waals surface area contributed by atoms with Gasteiger partial charge in [0.05, 0.1) is 30.0 Å². The van der Waals surface area contributed by atoms with Crippen molar-refractivity contribution in [3.05, 3.63) is 0 Å². The first kappa shape index (κ1) is 25.4. The van der Waals surface area contributed by atoms with E-state index in [1.165, 1.54) is 17.7 Å². The maximum absolute atomic E-state index is 12.0. The van der Waals surface area contributed by atoms with E-state index in [0.29, 0.717) is 11.8 Å². The van der Waals surface area contributed by atoms with Crippen LogP contribution in [0.5, 0.6) is 0 Å². The van der Waals surface area contributed by atoms with Crippen molar-refractivity contribution in [3.63, 3.8) is 0 Å². The molecule has 0 unspecified atom stereocenters. The number of aliphatic hydroxyl groups excluding tert-OH is 2. The van der Waals surface area contributed by atoms with Crippen LogP contribution in [0, 0.1) is 45.3 Å². The van der Waals surface area contributed by atoms with Crippen LogP contribution in [0.2, 0.25) is 0 Å². The molecular formula is C29H48N2O5. The molecule has 1 heterocycles. The third-order valence-electron chi connectivity index (χ3n) is 13.1. The average molecular weight is 505 g/mol. The smallest absolute Gasteiger partial charge is 0.409 e. The van der Waals surface area contributed by atoms with E-state index in [4.69, 9.17) is 15.2 Å². The molecule has 5 aliphatic carbocycles. The summed E-state index contributed by atoms with van der Waals surface area (Å²) >= 11 is 0. The van der Waals surface area contributed by atoms with Gasteiger partial charge >= 0.3 is 6.09 Å². The Bertz CT molecular complexity index is 941. The molecule has 7 nitrogen and oxygen atoms in total. The molecule has 0 radical (unpaired) electrons. The van der Waals surface area contributed by atoms with Gasteiger partial charge in [0.1, 0.15) is 6.61 Å². The molecule has 0 bridgehead atoms. The van der Waals surface area contributed by atoms with E-state index in [2.05, 4.69) is 27.7 Å². The molecule has 36 heavy (non-hydrogen) atoms. The maximum atomic E-state index is 12.0. The average Bonchev–Trinajstić information content (AvgIpc) is 3.45. The SMILES string of the molecule is C[C@@H]1C[C@H](COC(=O)N(C)C)O[C@H]2[C@H]1[C@@]1(C)CC[C@@]34C[C@@]35CC[C@H](O)C(C)(C)[C@@H]5CC[C@H]4[C@]1(N)[C@H]2O. The van der Waals surface area contributed by atoms with E-state index in [9.17, 15) is 15.0 Å². The van der Waals surface area contributed by atoms with Gasteiger partial charge in [-0.2, -0.15) is 0 Å². The molecule has 0 aromatic carbocycles. The lowest BCUT2D eigenvalue weighted by atomic mass is 9.43. The Morgan fingerprint density at radius 2 is 1.72 bits per heavy atom. The van der Waals surface area contributed by atoms with Gasteiger partial charge in [0.2, 0.25) is 0 Å². The van der Waals surface area contributed by atoms with Crippen LogP contribution in [0.3, 0.4) is 0 Å². The Labute approximate surface area is 216 Å². The molecule has 6 aliphatic rings. The van der Waals surface area contributed by atoms with Crippen molar-refractivity contribution < 1.29 is 24.5 Å². The van der Waals surface area contributed by atoms with Crippen LogP contribution in [-0.2, 0) is 9.47 Å². The highest BCUT2D eigenvalue weighted by atomic mass is 16.6. The Morgan fingerprint density at radius 1 is 1.06 bits per heavy atom. The van der Waals surface area contributed by atoms with Crippen LogP contribution in [0.4, 0.5) is 4.79 Å².